The number of rotatable bonds is 2. The fraction of sp³-hybridized carbons (Fsp3) is 0.500. The summed E-state index contributed by atoms with van der Waals surface area (Å²) in [5, 5.41) is 12.4. The van der Waals surface area contributed by atoms with E-state index in [2.05, 4.69) is 15.2 Å². The molecule has 0 aromatic carbocycles. The first-order valence-electron chi connectivity index (χ1n) is 4.86. The lowest BCUT2D eigenvalue weighted by atomic mass is 10.3. The van der Waals surface area contributed by atoms with E-state index >= 15 is 0 Å². The molecule has 2 heterocycles. The molecule has 0 aliphatic carbocycles. The average molecular weight is 193 g/mol. The SMILES string of the molecule is CNc1cc(N2CCC(O)C2)ccn1. The number of β-amino-alcohol motifs (C(OH)–C–C–N with tert-alkyl or cyclic N) is 1. The third-order valence-electron chi connectivity index (χ3n) is 2.53. The highest BCUT2D eigenvalue weighted by Crippen LogP contribution is 2.21. The number of aliphatic hydroxyl groups excluding tert-OH is 1. The molecule has 4 nitrogen and oxygen atoms in total. The van der Waals surface area contributed by atoms with Crippen molar-refractivity contribution in [3.05, 3.63) is 18.3 Å². The van der Waals surface area contributed by atoms with Crippen LogP contribution in [0.5, 0.6) is 0 Å². The number of aliphatic hydroxyl groups is 1. The number of hydrogen-bond acceptors (Lipinski definition) is 4. The minimum absolute atomic E-state index is 0.179. The Bertz CT molecular complexity index is 316. The predicted molar refractivity (Wildman–Crippen MR) is 56.6 cm³/mol. The molecule has 1 atom stereocenters. The molecule has 4 heteroatoms. The molecule has 1 aromatic heterocycles. The van der Waals surface area contributed by atoms with E-state index in [9.17, 15) is 5.11 Å². The summed E-state index contributed by atoms with van der Waals surface area (Å²) in [4.78, 5) is 6.32. The van der Waals surface area contributed by atoms with Gasteiger partial charge in [0.25, 0.3) is 0 Å². The predicted octanol–water partition coefficient (Wildman–Crippen LogP) is 0.694. The van der Waals surface area contributed by atoms with Gasteiger partial charge in [0.1, 0.15) is 5.82 Å². The Morgan fingerprint density at radius 1 is 1.64 bits per heavy atom. The first kappa shape index (κ1) is 9.27. The van der Waals surface area contributed by atoms with Crippen molar-refractivity contribution >= 4 is 11.5 Å². The van der Waals surface area contributed by atoms with Gasteiger partial charge in [0, 0.05) is 38.1 Å². The quantitative estimate of drug-likeness (QED) is 0.725. The smallest absolute Gasteiger partial charge is 0.127 e. The molecule has 0 saturated carbocycles. The lowest BCUT2D eigenvalue weighted by molar-refractivity contribution is 0.198. The first-order chi connectivity index (χ1) is 6.79. The molecule has 1 aliphatic heterocycles. The zero-order chi connectivity index (χ0) is 9.97. The molecule has 76 valence electrons. The van der Waals surface area contributed by atoms with E-state index < -0.39 is 0 Å². The third kappa shape index (κ3) is 1.80. The first-order valence-corrected chi connectivity index (χ1v) is 4.86. The van der Waals surface area contributed by atoms with Gasteiger partial charge in [-0.3, -0.25) is 0 Å². The van der Waals surface area contributed by atoms with Crippen LogP contribution in [0, 0.1) is 0 Å². The monoisotopic (exact) mass is 193 g/mol. The molecule has 1 unspecified atom stereocenters. The molecule has 14 heavy (non-hydrogen) atoms. The summed E-state index contributed by atoms with van der Waals surface area (Å²) in [6.07, 6.45) is 2.46. The summed E-state index contributed by atoms with van der Waals surface area (Å²) in [6.45, 7) is 1.65. The highest BCUT2D eigenvalue weighted by atomic mass is 16.3. The molecule has 0 amide bonds. The van der Waals surface area contributed by atoms with Gasteiger partial charge in [-0.15, -0.1) is 0 Å². The molecular formula is C10H15N3O. The Labute approximate surface area is 83.6 Å². The van der Waals surface area contributed by atoms with Crippen molar-refractivity contribution in [2.24, 2.45) is 0 Å². The second kappa shape index (κ2) is 3.84. The number of nitrogens with one attached hydrogen (secondary N) is 1. The van der Waals surface area contributed by atoms with Gasteiger partial charge in [0.2, 0.25) is 0 Å². The summed E-state index contributed by atoms with van der Waals surface area (Å²) in [6, 6.07) is 3.97. The van der Waals surface area contributed by atoms with Crippen LogP contribution in [0.3, 0.4) is 0 Å². The zero-order valence-electron chi connectivity index (χ0n) is 8.27. The molecule has 1 fully saturated rings. The number of pyridine rings is 1. The van der Waals surface area contributed by atoms with Crippen molar-refractivity contribution in [3.8, 4) is 0 Å². The highest BCUT2D eigenvalue weighted by molar-refractivity contribution is 5.54. The Balaban J connectivity index is 2.15. The Morgan fingerprint density at radius 3 is 3.14 bits per heavy atom. The fourth-order valence-electron chi connectivity index (χ4n) is 1.73. The maximum atomic E-state index is 9.41. The van der Waals surface area contributed by atoms with E-state index in [0.717, 1.165) is 31.0 Å². The molecule has 0 radical (unpaired) electrons. The largest absolute Gasteiger partial charge is 0.391 e. The van der Waals surface area contributed by atoms with Crippen molar-refractivity contribution in [2.75, 3.05) is 30.4 Å². The van der Waals surface area contributed by atoms with Crippen molar-refractivity contribution in [1.82, 2.24) is 4.98 Å². The van der Waals surface area contributed by atoms with Crippen molar-refractivity contribution in [3.63, 3.8) is 0 Å². The van der Waals surface area contributed by atoms with Crippen LogP contribution in [0.1, 0.15) is 6.42 Å². The van der Waals surface area contributed by atoms with E-state index in [0.29, 0.717) is 0 Å². The minimum Gasteiger partial charge on any atom is -0.391 e. The highest BCUT2D eigenvalue weighted by Gasteiger charge is 2.20. The van der Waals surface area contributed by atoms with Crippen LogP contribution in [-0.2, 0) is 0 Å². The summed E-state index contributed by atoms with van der Waals surface area (Å²) < 4.78 is 0. The van der Waals surface area contributed by atoms with Crippen LogP contribution in [-0.4, -0.2) is 36.3 Å². The van der Waals surface area contributed by atoms with E-state index in [1.54, 1.807) is 6.20 Å². The van der Waals surface area contributed by atoms with Crippen LogP contribution in [0.2, 0.25) is 0 Å². The number of hydrogen-bond donors (Lipinski definition) is 2. The minimum atomic E-state index is -0.179. The van der Waals surface area contributed by atoms with Crippen molar-refractivity contribution in [2.45, 2.75) is 12.5 Å². The molecule has 1 saturated heterocycles. The maximum Gasteiger partial charge on any atom is 0.127 e. The molecular weight excluding hydrogens is 178 g/mol. The summed E-state index contributed by atoms with van der Waals surface area (Å²) in [5.41, 5.74) is 1.13. The number of nitrogens with zero attached hydrogens (tertiary/aromatic N) is 2. The van der Waals surface area contributed by atoms with E-state index in [1.165, 1.54) is 0 Å². The Morgan fingerprint density at radius 2 is 2.50 bits per heavy atom. The summed E-state index contributed by atoms with van der Waals surface area (Å²) in [5.74, 6) is 0.865. The van der Waals surface area contributed by atoms with E-state index in [-0.39, 0.29) is 6.10 Å². The van der Waals surface area contributed by atoms with Gasteiger partial charge in [0.15, 0.2) is 0 Å². The average Bonchev–Trinajstić information content (AvgIpc) is 2.65. The Kier molecular flexibility index (Phi) is 2.54. The zero-order valence-corrected chi connectivity index (χ0v) is 8.27. The van der Waals surface area contributed by atoms with Crippen LogP contribution in [0.4, 0.5) is 11.5 Å². The Hall–Kier alpha value is -1.29. The summed E-state index contributed by atoms with van der Waals surface area (Å²) >= 11 is 0. The molecule has 2 N–H and O–H groups in total. The van der Waals surface area contributed by atoms with E-state index in [1.807, 2.05) is 19.2 Å². The molecule has 0 bridgehead atoms. The summed E-state index contributed by atoms with van der Waals surface area (Å²) in [7, 11) is 1.85. The van der Waals surface area contributed by atoms with Crippen LogP contribution in [0.15, 0.2) is 18.3 Å². The maximum absolute atomic E-state index is 9.41. The topological polar surface area (TPSA) is 48.4 Å². The van der Waals surface area contributed by atoms with Crippen LogP contribution in [0.25, 0.3) is 0 Å². The second-order valence-electron chi connectivity index (χ2n) is 3.54. The van der Waals surface area contributed by atoms with Crippen molar-refractivity contribution in [1.29, 1.82) is 0 Å². The van der Waals surface area contributed by atoms with E-state index in [4.69, 9.17) is 0 Å². The van der Waals surface area contributed by atoms with Crippen LogP contribution >= 0.6 is 0 Å². The van der Waals surface area contributed by atoms with Gasteiger partial charge in [-0.05, 0) is 12.5 Å². The van der Waals surface area contributed by atoms with Gasteiger partial charge in [-0.25, -0.2) is 4.98 Å². The van der Waals surface area contributed by atoms with Gasteiger partial charge < -0.3 is 15.3 Å². The third-order valence-corrected chi connectivity index (χ3v) is 2.53. The van der Waals surface area contributed by atoms with Crippen molar-refractivity contribution < 1.29 is 5.11 Å². The normalized spacial score (nSPS) is 21.3. The fourth-order valence-corrected chi connectivity index (χ4v) is 1.73. The molecule has 1 aromatic rings. The van der Waals surface area contributed by atoms with Gasteiger partial charge >= 0.3 is 0 Å². The van der Waals surface area contributed by atoms with Crippen LogP contribution < -0.4 is 10.2 Å². The lowest BCUT2D eigenvalue weighted by Gasteiger charge is -2.17. The molecule has 0 spiro atoms. The standard InChI is InChI=1S/C10H15N3O/c1-11-10-6-8(2-4-12-10)13-5-3-9(14)7-13/h2,4,6,9,14H,3,5,7H2,1H3,(H,11,12). The second-order valence-corrected chi connectivity index (χ2v) is 3.54. The molecule has 1 aliphatic rings. The number of anilines is 2. The van der Waals surface area contributed by atoms with Gasteiger partial charge in [-0.1, -0.05) is 0 Å². The van der Waals surface area contributed by atoms with Gasteiger partial charge in [0.05, 0.1) is 6.10 Å². The number of aromatic nitrogens is 1. The van der Waals surface area contributed by atoms with Gasteiger partial charge in [-0.2, -0.15) is 0 Å². The molecule has 2 rings (SSSR count). The lowest BCUT2D eigenvalue weighted by Crippen LogP contribution is -2.21.